The standard InChI is InChI=1S/C17H24N2O4/c1-13-15(9-5-10-16(13)19(21)22)17(20)18-11-6-12-23-14-7-3-2-4-8-14/h5,9-10,14H,2-4,6-8,11-12H2,1H3,(H,18,20). The Morgan fingerprint density at radius 3 is 2.78 bits per heavy atom. The van der Waals surface area contributed by atoms with Crippen molar-refractivity contribution in [1.29, 1.82) is 0 Å². The number of carbonyl (C=O) groups is 1. The third-order valence-corrected chi connectivity index (χ3v) is 4.26. The molecule has 1 amide bonds. The first kappa shape index (κ1) is 17.4. The van der Waals surface area contributed by atoms with Crippen LogP contribution in [0.1, 0.15) is 54.4 Å². The lowest BCUT2D eigenvalue weighted by atomic mass is 9.98. The van der Waals surface area contributed by atoms with E-state index in [0.29, 0.717) is 30.4 Å². The summed E-state index contributed by atoms with van der Waals surface area (Å²) in [4.78, 5) is 22.6. The van der Waals surface area contributed by atoms with Gasteiger partial charge in [0.2, 0.25) is 0 Å². The van der Waals surface area contributed by atoms with Crippen LogP contribution in [-0.2, 0) is 4.74 Å². The van der Waals surface area contributed by atoms with E-state index < -0.39 is 4.92 Å². The Labute approximate surface area is 136 Å². The van der Waals surface area contributed by atoms with E-state index in [0.717, 1.165) is 19.3 Å². The Morgan fingerprint density at radius 2 is 2.09 bits per heavy atom. The molecule has 23 heavy (non-hydrogen) atoms. The fraction of sp³-hybridized carbons (Fsp3) is 0.588. The van der Waals surface area contributed by atoms with Gasteiger partial charge in [-0.1, -0.05) is 25.3 Å². The molecule has 2 rings (SSSR count). The summed E-state index contributed by atoms with van der Waals surface area (Å²) >= 11 is 0. The molecule has 1 N–H and O–H groups in total. The van der Waals surface area contributed by atoms with Crippen molar-refractivity contribution in [2.45, 2.75) is 51.6 Å². The largest absolute Gasteiger partial charge is 0.378 e. The molecule has 1 aromatic rings. The number of ether oxygens (including phenoxy) is 1. The van der Waals surface area contributed by atoms with Crippen molar-refractivity contribution in [3.63, 3.8) is 0 Å². The van der Waals surface area contributed by atoms with Gasteiger partial charge in [-0.25, -0.2) is 0 Å². The number of nitro benzene ring substituents is 1. The minimum atomic E-state index is -0.468. The van der Waals surface area contributed by atoms with Crippen molar-refractivity contribution >= 4 is 11.6 Å². The van der Waals surface area contributed by atoms with Crippen molar-refractivity contribution < 1.29 is 14.5 Å². The molecule has 126 valence electrons. The highest BCUT2D eigenvalue weighted by Crippen LogP contribution is 2.21. The molecule has 0 unspecified atom stereocenters. The van der Waals surface area contributed by atoms with E-state index in [1.165, 1.54) is 31.4 Å². The maximum Gasteiger partial charge on any atom is 0.273 e. The summed E-state index contributed by atoms with van der Waals surface area (Å²) in [5, 5.41) is 13.7. The van der Waals surface area contributed by atoms with Gasteiger partial charge in [0.15, 0.2) is 0 Å². The first-order valence-electron chi connectivity index (χ1n) is 8.23. The first-order chi connectivity index (χ1) is 11.1. The number of nitrogens with zero attached hydrogens (tertiary/aromatic N) is 1. The molecule has 1 aliphatic carbocycles. The fourth-order valence-electron chi connectivity index (χ4n) is 2.92. The van der Waals surface area contributed by atoms with E-state index >= 15 is 0 Å². The highest BCUT2D eigenvalue weighted by Gasteiger charge is 2.17. The molecule has 1 aromatic carbocycles. The normalized spacial score (nSPS) is 15.3. The maximum atomic E-state index is 12.1. The number of rotatable bonds is 7. The minimum absolute atomic E-state index is 0.0294. The van der Waals surface area contributed by atoms with Gasteiger partial charge in [0.25, 0.3) is 11.6 Å². The van der Waals surface area contributed by atoms with Crippen molar-refractivity contribution in [2.24, 2.45) is 0 Å². The lowest BCUT2D eigenvalue weighted by molar-refractivity contribution is -0.385. The molecule has 6 nitrogen and oxygen atoms in total. The van der Waals surface area contributed by atoms with E-state index in [1.54, 1.807) is 13.0 Å². The zero-order valence-electron chi connectivity index (χ0n) is 13.5. The molecule has 0 saturated heterocycles. The molecule has 0 heterocycles. The van der Waals surface area contributed by atoms with Gasteiger partial charge in [-0.2, -0.15) is 0 Å². The van der Waals surface area contributed by atoms with Gasteiger partial charge < -0.3 is 10.1 Å². The predicted molar refractivity (Wildman–Crippen MR) is 87.6 cm³/mol. The van der Waals surface area contributed by atoms with E-state index in [-0.39, 0.29) is 11.6 Å². The average Bonchev–Trinajstić information content (AvgIpc) is 2.55. The number of nitrogens with one attached hydrogen (secondary N) is 1. The van der Waals surface area contributed by atoms with Crippen LogP contribution >= 0.6 is 0 Å². The molecular weight excluding hydrogens is 296 g/mol. The lowest BCUT2D eigenvalue weighted by Crippen LogP contribution is -2.27. The minimum Gasteiger partial charge on any atom is -0.378 e. The summed E-state index contributed by atoms with van der Waals surface area (Å²) in [5.74, 6) is -0.274. The van der Waals surface area contributed by atoms with Crippen LogP contribution in [-0.4, -0.2) is 30.1 Å². The zero-order valence-corrected chi connectivity index (χ0v) is 13.5. The highest BCUT2D eigenvalue weighted by molar-refractivity contribution is 5.96. The topological polar surface area (TPSA) is 81.5 Å². The molecule has 1 aliphatic rings. The molecule has 1 fully saturated rings. The second-order valence-electron chi connectivity index (χ2n) is 5.95. The zero-order chi connectivity index (χ0) is 16.7. The van der Waals surface area contributed by atoms with Crippen molar-refractivity contribution in [3.05, 3.63) is 39.4 Å². The number of hydrogen-bond acceptors (Lipinski definition) is 4. The van der Waals surface area contributed by atoms with E-state index in [4.69, 9.17) is 4.74 Å². The summed E-state index contributed by atoms with van der Waals surface area (Å²) in [6.45, 7) is 2.74. The smallest absolute Gasteiger partial charge is 0.273 e. The monoisotopic (exact) mass is 320 g/mol. The van der Waals surface area contributed by atoms with Crippen LogP contribution in [0, 0.1) is 17.0 Å². The number of carbonyl (C=O) groups excluding carboxylic acids is 1. The van der Waals surface area contributed by atoms with Crippen LogP contribution in [0.25, 0.3) is 0 Å². The van der Waals surface area contributed by atoms with Gasteiger partial charge in [0, 0.05) is 30.3 Å². The van der Waals surface area contributed by atoms with Crippen LogP contribution in [0.2, 0.25) is 0 Å². The fourth-order valence-corrected chi connectivity index (χ4v) is 2.92. The van der Waals surface area contributed by atoms with Crippen molar-refractivity contribution in [1.82, 2.24) is 5.32 Å². The summed E-state index contributed by atoms with van der Waals surface area (Å²) in [6, 6.07) is 4.55. The molecule has 0 radical (unpaired) electrons. The van der Waals surface area contributed by atoms with Gasteiger partial charge >= 0.3 is 0 Å². The van der Waals surface area contributed by atoms with Crippen LogP contribution in [0.4, 0.5) is 5.69 Å². The second-order valence-corrected chi connectivity index (χ2v) is 5.95. The lowest BCUT2D eigenvalue weighted by Gasteiger charge is -2.21. The quantitative estimate of drug-likeness (QED) is 0.474. The Hall–Kier alpha value is -1.95. The molecule has 1 saturated carbocycles. The highest BCUT2D eigenvalue weighted by atomic mass is 16.6. The van der Waals surface area contributed by atoms with Gasteiger partial charge in [-0.05, 0) is 32.3 Å². The summed E-state index contributed by atoms with van der Waals surface area (Å²) in [7, 11) is 0. The molecule has 0 atom stereocenters. The van der Waals surface area contributed by atoms with E-state index in [2.05, 4.69) is 5.32 Å². The van der Waals surface area contributed by atoms with E-state index in [1.807, 2.05) is 0 Å². The van der Waals surface area contributed by atoms with Crippen LogP contribution in [0.15, 0.2) is 18.2 Å². The summed E-state index contributed by atoms with van der Waals surface area (Å²) in [6.07, 6.45) is 7.19. The average molecular weight is 320 g/mol. The van der Waals surface area contributed by atoms with Gasteiger partial charge in [0.05, 0.1) is 11.0 Å². The number of hydrogen-bond donors (Lipinski definition) is 1. The summed E-state index contributed by atoms with van der Waals surface area (Å²) < 4.78 is 5.80. The van der Waals surface area contributed by atoms with E-state index in [9.17, 15) is 14.9 Å². The second kappa shape index (κ2) is 8.62. The van der Waals surface area contributed by atoms with Crippen molar-refractivity contribution in [2.75, 3.05) is 13.2 Å². The number of nitro groups is 1. The molecular formula is C17H24N2O4. The maximum absolute atomic E-state index is 12.1. The third-order valence-electron chi connectivity index (χ3n) is 4.26. The SMILES string of the molecule is Cc1c(C(=O)NCCCOC2CCCCC2)cccc1[N+](=O)[O-]. The predicted octanol–water partition coefficient (Wildman–Crippen LogP) is 3.37. The van der Waals surface area contributed by atoms with Gasteiger partial charge in [0.1, 0.15) is 0 Å². The Balaban J connectivity index is 1.74. The number of amides is 1. The van der Waals surface area contributed by atoms with Crippen LogP contribution in [0.3, 0.4) is 0 Å². The van der Waals surface area contributed by atoms with Gasteiger partial charge in [-0.3, -0.25) is 14.9 Å². The number of benzene rings is 1. The van der Waals surface area contributed by atoms with Crippen LogP contribution in [0.5, 0.6) is 0 Å². The first-order valence-corrected chi connectivity index (χ1v) is 8.23. The molecule has 0 spiro atoms. The molecule has 0 aliphatic heterocycles. The van der Waals surface area contributed by atoms with Crippen molar-refractivity contribution in [3.8, 4) is 0 Å². The molecule has 0 bridgehead atoms. The Morgan fingerprint density at radius 1 is 1.35 bits per heavy atom. The molecule has 0 aromatic heterocycles. The van der Waals surface area contributed by atoms with Crippen LogP contribution < -0.4 is 5.32 Å². The Bertz CT molecular complexity index is 554. The van der Waals surface area contributed by atoms with Gasteiger partial charge in [-0.15, -0.1) is 0 Å². The molecule has 6 heteroatoms. The summed E-state index contributed by atoms with van der Waals surface area (Å²) in [5.41, 5.74) is 0.721. The third kappa shape index (κ3) is 5.03. The Kier molecular flexibility index (Phi) is 6.52.